The van der Waals surface area contributed by atoms with Gasteiger partial charge in [-0.3, -0.25) is 4.79 Å². The number of pyridine rings is 1. The third kappa shape index (κ3) is 11.9. The quantitative estimate of drug-likeness (QED) is 0.207. The van der Waals surface area contributed by atoms with Crippen molar-refractivity contribution in [3.05, 3.63) is 73.4 Å². The fourth-order valence-electron chi connectivity index (χ4n) is 3.06. The van der Waals surface area contributed by atoms with Crippen LogP contribution in [0.25, 0.3) is 5.57 Å². The van der Waals surface area contributed by atoms with Crippen LogP contribution < -0.4 is 23.6 Å². The van der Waals surface area contributed by atoms with Crippen LogP contribution in [0.2, 0.25) is 0 Å². The van der Waals surface area contributed by atoms with E-state index in [4.69, 9.17) is 14.6 Å². The molecule has 0 fully saturated rings. The van der Waals surface area contributed by atoms with Crippen LogP contribution in [0.15, 0.2) is 42.6 Å². The van der Waals surface area contributed by atoms with Crippen LogP contribution in [0.3, 0.4) is 0 Å². The third-order valence-electron chi connectivity index (χ3n) is 4.63. The standard InChI is InChI=1S/C25H29NO5.CH3.Li/c1-19(14-25(28)29)13-24(27)23(21-15-22(30-2)17-26-16-21)11-7-4-8-12-31-18-20-9-5-3-6-10-20;;/h3,5-6,9-10,15,17,19H,4,7-8,12-14,18H2,1-2H3,(H,28,29);1H3;/q-2;-1;+1/t19-;;/m0../s1. The number of benzene rings is 1. The van der Waals surface area contributed by atoms with Crippen LogP contribution in [-0.2, 0) is 20.9 Å². The number of carbonyl (C=O) groups is 2. The molecule has 1 aromatic carbocycles. The number of carboxylic acids is 1. The molecule has 0 saturated heterocycles. The fourth-order valence-corrected chi connectivity index (χ4v) is 3.06. The summed E-state index contributed by atoms with van der Waals surface area (Å²) in [5.41, 5.74) is 2.03. The van der Waals surface area contributed by atoms with Crippen LogP contribution >= 0.6 is 0 Å². The van der Waals surface area contributed by atoms with Gasteiger partial charge < -0.3 is 31.8 Å². The molecule has 174 valence electrons. The van der Waals surface area contributed by atoms with Gasteiger partial charge in [-0.1, -0.05) is 50.1 Å². The molecule has 6 nitrogen and oxygen atoms in total. The Balaban J connectivity index is 0.00000512. The van der Waals surface area contributed by atoms with Crippen molar-refractivity contribution in [3.63, 3.8) is 0 Å². The van der Waals surface area contributed by atoms with E-state index < -0.39 is 5.97 Å². The van der Waals surface area contributed by atoms with E-state index in [1.807, 2.05) is 30.3 Å². The number of allylic oxidation sites excluding steroid dienone is 2. The fraction of sp³-hybridized carbons (Fsp3) is 0.385. The molecule has 33 heavy (non-hydrogen) atoms. The van der Waals surface area contributed by atoms with Crippen LogP contribution in [0.1, 0.15) is 50.2 Å². The van der Waals surface area contributed by atoms with Gasteiger partial charge in [0.15, 0.2) is 0 Å². The van der Waals surface area contributed by atoms with Crippen molar-refractivity contribution in [2.45, 2.75) is 45.6 Å². The first-order valence-corrected chi connectivity index (χ1v) is 10.4. The number of carbonyl (C=O) groups excluding carboxylic acids is 1. The van der Waals surface area contributed by atoms with E-state index in [2.05, 4.69) is 17.3 Å². The van der Waals surface area contributed by atoms with E-state index in [0.29, 0.717) is 36.5 Å². The number of ketones is 1. The van der Waals surface area contributed by atoms with E-state index >= 15 is 0 Å². The number of aliphatic carboxylic acids is 1. The van der Waals surface area contributed by atoms with Gasteiger partial charge in [0.2, 0.25) is 0 Å². The van der Waals surface area contributed by atoms with Gasteiger partial charge in [0, 0.05) is 24.6 Å². The summed E-state index contributed by atoms with van der Waals surface area (Å²) in [6, 6.07) is 11.7. The Morgan fingerprint density at radius 2 is 1.91 bits per heavy atom. The molecule has 1 heterocycles. The van der Waals surface area contributed by atoms with E-state index in [-0.39, 0.29) is 50.8 Å². The van der Waals surface area contributed by atoms with E-state index in [0.717, 1.165) is 18.4 Å². The number of hydrogen-bond donors (Lipinski definition) is 1. The van der Waals surface area contributed by atoms with Crippen LogP contribution in [-0.4, -0.2) is 35.6 Å². The van der Waals surface area contributed by atoms with Crippen molar-refractivity contribution in [2.24, 2.45) is 5.92 Å². The van der Waals surface area contributed by atoms with E-state index in [9.17, 15) is 9.59 Å². The number of carboxylic acid groups (broad SMARTS) is 1. The van der Waals surface area contributed by atoms with Crippen molar-refractivity contribution in [1.82, 2.24) is 4.98 Å². The number of rotatable bonds is 14. The number of aromatic nitrogens is 1. The number of Topliss-reactive ketones (excluding diaryl/α,β-unsaturated/α-hetero) is 1. The summed E-state index contributed by atoms with van der Waals surface area (Å²) in [6.45, 7) is 2.96. The summed E-state index contributed by atoms with van der Waals surface area (Å²) in [4.78, 5) is 27.8. The molecule has 0 bridgehead atoms. The van der Waals surface area contributed by atoms with Gasteiger partial charge in [-0.25, -0.2) is 17.2 Å². The molecule has 0 saturated carbocycles. The molecule has 2 rings (SSSR count). The Morgan fingerprint density at radius 3 is 2.58 bits per heavy atom. The van der Waals surface area contributed by atoms with Gasteiger partial charge in [-0.2, -0.15) is 6.07 Å². The predicted octanol–water partition coefficient (Wildman–Crippen LogP) is 1.99. The number of nitrogens with zero attached hydrogens (tertiary/aromatic N) is 1. The second kappa shape index (κ2) is 17.1. The summed E-state index contributed by atoms with van der Waals surface area (Å²) in [7, 11) is 1.53. The molecule has 1 N–H and O–H groups in total. The van der Waals surface area contributed by atoms with Crippen LogP contribution in [0.5, 0.6) is 5.75 Å². The molecule has 0 spiro atoms. The number of hydrogen-bond acceptors (Lipinski definition) is 5. The molecule has 0 aliphatic carbocycles. The van der Waals surface area contributed by atoms with E-state index in [1.54, 1.807) is 13.0 Å². The summed E-state index contributed by atoms with van der Waals surface area (Å²) >= 11 is 0. The zero-order chi connectivity index (χ0) is 22.5. The van der Waals surface area contributed by atoms with Gasteiger partial charge >= 0.3 is 24.8 Å². The number of methoxy groups -OCH3 is 1. The second-order valence-electron chi connectivity index (χ2n) is 7.41. The average molecular weight is 445 g/mol. The maximum absolute atomic E-state index is 12.9. The molecule has 0 radical (unpaired) electrons. The summed E-state index contributed by atoms with van der Waals surface area (Å²) in [5, 5.41) is 8.96. The minimum atomic E-state index is -0.917. The maximum atomic E-state index is 12.9. The van der Waals surface area contributed by atoms with Crippen molar-refractivity contribution >= 4 is 17.3 Å². The predicted molar refractivity (Wildman–Crippen MR) is 124 cm³/mol. The van der Waals surface area contributed by atoms with Gasteiger partial charge in [-0.15, -0.1) is 6.20 Å². The Hall–Kier alpha value is -2.39. The molecule has 1 atom stereocenters. The SMILES string of the molecule is COc1cn[c-]c(C(=[C-]CCCCOCc2ccccc2)C(=O)C[C@H](C)CC(=O)O)c1.[CH3-].[Li+]. The summed E-state index contributed by atoms with van der Waals surface area (Å²) < 4.78 is 10.9. The Labute approximate surface area is 209 Å². The minimum Gasteiger partial charge on any atom is -0.516 e. The van der Waals surface area contributed by atoms with Crippen molar-refractivity contribution in [3.8, 4) is 5.75 Å². The maximum Gasteiger partial charge on any atom is 1.00 e. The molecule has 2 aromatic rings. The topological polar surface area (TPSA) is 85.7 Å². The molecule has 7 heteroatoms. The van der Waals surface area contributed by atoms with Gasteiger partial charge in [-0.05, 0) is 30.5 Å². The largest absolute Gasteiger partial charge is 1.00 e. The average Bonchev–Trinajstić information content (AvgIpc) is 2.75. The number of unbranched alkanes of at least 4 members (excludes halogenated alkanes) is 2. The van der Waals surface area contributed by atoms with Gasteiger partial charge in [0.05, 0.1) is 13.7 Å². The Kier molecular flexibility index (Phi) is 15.9. The van der Waals surface area contributed by atoms with Crippen molar-refractivity contribution in [1.29, 1.82) is 0 Å². The first-order valence-electron chi connectivity index (χ1n) is 10.4. The number of ether oxygens (including phenoxy) is 2. The molecule has 0 unspecified atom stereocenters. The smallest absolute Gasteiger partial charge is 0.516 e. The molecular formula is C26H32LiNO5-2. The van der Waals surface area contributed by atoms with Crippen LogP contribution in [0, 0.1) is 25.6 Å². The van der Waals surface area contributed by atoms with Crippen LogP contribution in [0.4, 0.5) is 0 Å². The monoisotopic (exact) mass is 445 g/mol. The second-order valence-corrected chi connectivity index (χ2v) is 7.41. The van der Waals surface area contributed by atoms with Crippen molar-refractivity contribution < 1.29 is 43.0 Å². The van der Waals surface area contributed by atoms with E-state index in [1.165, 1.54) is 13.3 Å². The molecule has 0 aliphatic rings. The molecule has 1 aromatic heterocycles. The van der Waals surface area contributed by atoms with Crippen molar-refractivity contribution in [2.75, 3.05) is 13.7 Å². The zero-order valence-electron chi connectivity index (χ0n) is 20.1. The van der Waals surface area contributed by atoms with Gasteiger partial charge in [0.1, 0.15) is 0 Å². The molecular weight excluding hydrogens is 413 g/mol. The first kappa shape index (κ1) is 30.6. The Bertz CT molecular complexity index is 870. The first-order chi connectivity index (χ1) is 15.0. The third-order valence-corrected chi connectivity index (χ3v) is 4.63. The van der Waals surface area contributed by atoms with Gasteiger partial charge in [0.25, 0.3) is 0 Å². The minimum absolute atomic E-state index is 0. The molecule has 0 aliphatic heterocycles. The normalized spacial score (nSPS) is 11.6. The Morgan fingerprint density at radius 1 is 1.18 bits per heavy atom. The summed E-state index contributed by atoms with van der Waals surface area (Å²) in [6.07, 6.45) is 9.84. The zero-order valence-corrected chi connectivity index (χ0v) is 20.1. The summed E-state index contributed by atoms with van der Waals surface area (Å²) in [5.74, 6) is -0.833. The molecule has 0 amide bonds.